The Bertz CT molecular complexity index is 1280. The SMILES string of the molecule is Cc1c(C(=O)NCc2cccc(F)c2)c(=O)n(C(C)C(=O)O)c2cc(C(F)(F)F)ccc12. The molecule has 1 unspecified atom stereocenters. The van der Waals surface area contributed by atoms with Crippen LogP contribution >= 0.6 is 0 Å². The Hall–Kier alpha value is -3.69. The number of carboxylic acids is 1. The van der Waals surface area contributed by atoms with Crippen LogP contribution in [0.3, 0.4) is 0 Å². The first-order chi connectivity index (χ1) is 14.9. The fourth-order valence-electron chi connectivity index (χ4n) is 3.43. The van der Waals surface area contributed by atoms with Crippen molar-refractivity contribution in [3.8, 4) is 0 Å². The van der Waals surface area contributed by atoms with Gasteiger partial charge in [0.2, 0.25) is 0 Å². The average Bonchev–Trinajstić information content (AvgIpc) is 2.71. The van der Waals surface area contributed by atoms with Crippen LogP contribution in [0, 0.1) is 12.7 Å². The number of nitrogens with one attached hydrogen (secondary N) is 1. The van der Waals surface area contributed by atoms with Crippen molar-refractivity contribution in [1.29, 1.82) is 0 Å². The molecule has 0 aliphatic rings. The first kappa shape index (κ1) is 23.0. The summed E-state index contributed by atoms with van der Waals surface area (Å²) in [6.45, 7) is 2.41. The van der Waals surface area contributed by atoms with E-state index in [-0.39, 0.29) is 23.0 Å². The van der Waals surface area contributed by atoms with E-state index in [0.717, 1.165) is 19.1 Å². The van der Waals surface area contributed by atoms with Crippen LogP contribution in [0.4, 0.5) is 17.6 Å². The Labute approximate surface area is 179 Å². The van der Waals surface area contributed by atoms with Crippen LogP contribution in [-0.4, -0.2) is 21.6 Å². The number of carboxylic acid groups (broad SMARTS) is 1. The second kappa shape index (κ2) is 8.45. The first-order valence-corrected chi connectivity index (χ1v) is 9.43. The minimum Gasteiger partial charge on any atom is -0.480 e. The Balaban J connectivity index is 2.17. The van der Waals surface area contributed by atoms with E-state index in [4.69, 9.17) is 0 Å². The molecule has 0 saturated heterocycles. The molecule has 0 spiro atoms. The lowest BCUT2D eigenvalue weighted by Crippen LogP contribution is -2.37. The average molecular weight is 450 g/mol. The molecule has 0 aliphatic carbocycles. The molecule has 3 rings (SSSR count). The topological polar surface area (TPSA) is 88.4 Å². The number of carbonyl (C=O) groups excluding carboxylic acids is 1. The molecule has 10 heteroatoms. The highest BCUT2D eigenvalue weighted by Gasteiger charge is 2.32. The lowest BCUT2D eigenvalue weighted by molar-refractivity contribution is -0.140. The monoisotopic (exact) mass is 450 g/mol. The number of nitrogens with zero attached hydrogens (tertiary/aromatic N) is 1. The highest BCUT2D eigenvalue weighted by Crippen LogP contribution is 2.33. The molecule has 2 aromatic carbocycles. The highest BCUT2D eigenvalue weighted by atomic mass is 19.4. The number of aliphatic carboxylic acids is 1. The molecule has 0 radical (unpaired) electrons. The van der Waals surface area contributed by atoms with Gasteiger partial charge in [-0.15, -0.1) is 0 Å². The third-order valence-electron chi connectivity index (χ3n) is 5.11. The van der Waals surface area contributed by atoms with E-state index in [1.165, 1.54) is 25.1 Å². The van der Waals surface area contributed by atoms with E-state index < -0.39 is 46.6 Å². The maximum Gasteiger partial charge on any atom is 0.416 e. The summed E-state index contributed by atoms with van der Waals surface area (Å²) in [6.07, 6.45) is -4.71. The van der Waals surface area contributed by atoms with Crippen molar-refractivity contribution in [3.63, 3.8) is 0 Å². The number of fused-ring (bicyclic) bond motifs is 1. The smallest absolute Gasteiger partial charge is 0.416 e. The van der Waals surface area contributed by atoms with Gasteiger partial charge in [0, 0.05) is 11.9 Å². The summed E-state index contributed by atoms with van der Waals surface area (Å²) in [5.74, 6) is -2.83. The molecule has 3 aromatic rings. The van der Waals surface area contributed by atoms with E-state index in [1.54, 1.807) is 6.07 Å². The number of pyridine rings is 1. The van der Waals surface area contributed by atoms with Gasteiger partial charge >= 0.3 is 12.1 Å². The second-order valence-electron chi connectivity index (χ2n) is 7.23. The largest absolute Gasteiger partial charge is 0.480 e. The molecule has 32 heavy (non-hydrogen) atoms. The van der Waals surface area contributed by atoms with Gasteiger partial charge in [-0.05, 0) is 49.2 Å². The van der Waals surface area contributed by atoms with Gasteiger partial charge in [0.15, 0.2) is 0 Å². The molecule has 0 saturated carbocycles. The van der Waals surface area contributed by atoms with Gasteiger partial charge in [-0.2, -0.15) is 13.2 Å². The summed E-state index contributed by atoms with van der Waals surface area (Å²) in [6, 6.07) is 6.46. The van der Waals surface area contributed by atoms with Gasteiger partial charge in [0.05, 0.1) is 11.1 Å². The zero-order valence-corrected chi connectivity index (χ0v) is 17.0. The molecule has 168 valence electrons. The van der Waals surface area contributed by atoms with Crippen molar-refractivity contribution < 1.29 is 32.3 Å². The summed E-state index contributed by atoms with van der Waals surface area (Å²) in [5, 5.41) is 12.0. The van der Waals surface area contributed by atoms with Crippen LogP contribution in [0.1, 0.15) is 40.0 Å². The van der Waals surface area contributed by atoms with Crippen LogP contribution in [0.5, 0.6) is 0 Å². The van der Waals surface area contributed by atoms with Gasteiger partial charge in [0.25, 0.3) is 11.5 Å². The Morgan fingerprint density at radius 1 is 1.16 bits per heavy atom. The molecular weight excluding hydrogens is 432 g/mol. The molecule has 1 atom stereocenters. The first-order valence-electron chi connectivity index (χ1n) is 9.43. The quantitative estimate of drug-likeness (QED) is 0.575. The number of hydrogen-bond donors (Lipinski definition) is 2. The van der Waals surface area contributed by atoms with E-state index in [0.29, 0.717) is 16.2 Å². The Kier molecular flexibility index (Phi) is 6.07. The summed E-state index contributed by atoms with van der Waals surface area (Å²) in [4.78, 5) is 37.5. The van der Waals surface area contributed by atoms with Crippen LogP contribution in [0.25, 0.3) is 10.9 Å². The number of alkyl halides is 3. The minimum atomic E-state index is -4.71. The number of hydrogen-bond acceptors (Lipinski definition) is 3. The number of carbonyl (C=O) groups is 2. The molecule has 2 N–H and O–H groups in total. The number of aromatic nitrogens is 1. The number of halogens is 4. The Morgan fingerprint density at radius 3 is 2.44 bits per heavy atom. The molecule has 1 amide bonds. The van der Waals surface area contributed by atoms with Crippen molar-refractivity contribution in [2.45, 2.75) is 32.6 Å². The minimum absolute atomic E-state index is 0.101. The molecule has 1 heterocycles. The van der Waals surface area contributed by atoms with Crippen LogP contribution < -0.4 is 10.9 Å². The van der Waals surface area contributed by atoms with Gasteiger partial charge < -0.3 is 10.4 Å². The van der Waals surface area contributed by atoms with Crippen LogP contribution in [-0.2, 0) is 17.5 Å². The van der Waals surface area contributed by atoms with E-state index in [2.05, 4.69) is 5.32 Å². The standard InChI is InChI=1S/C22H18F4N2O4/c1-11-16-7-6-14(22(24,25)26)9-17(16)28(12(2)21(31)32)20(30)18(11)19(29)27-10-13-4-3-5-15(23)8-13/h3-9,12H,10H2,1-2H3,(H,27,29)(H,31,32). The summed E-state index contributed by atoms with van der Waals surface area (Å²) in [7, 11) is 0. The van der Waals surface area contributed by atoms with Crippen molar-refractivity contribution in [3.05, 3.63) is 80.9 Å². The number of benzene rings is 2. The second-order valence-corrected chi connectivity index (χ2v) is 7.23. The summed E-state index contributed by atoms with van der Waals surface area (Å²) < 4.78 is 53.6. The van der Waals surface area contributed by atoms with Gasteiger partial charge in [0.1, 0.15) is 17.4 Å². The number of rotatable bonds is 5. The van der Waals surface area contributed by atoms with Gasteiger partial charge in [-0.3, -0.25) is 14.2 Å². The predicted molar refractivity (Wildman–Crippen MR) is 108 cm³/mol. The third kappa shape index (κ3) is 4.34. The molecule has 0 bridgehead atoms. The molecule has 0 fully saturated rings. The molecular formula is C22H18F4N2O4. The van der Waals surface area contributed by atoms with Gasteiger partial charge in [-0.25, -0.2) is 9.18 Å². The molecule has 6 nitrogen and oxygen atoms in total. The van der Waals surface area contributed by atoms with Crippen molar-refractivity contribution in [1.82, 2.24) is 9.88 Å². The predicted octanol–water partition coefficient (Wildman–Crippen LogP) is 4.04. The number of aryl methyl sites for hydroxylation is 1. The third-order valence-corrected chi connectivity index (χ3v) is 5.11. The normalized spacial score (nSPS) is 12.6. The lowest BCUT2D eigenvalue weighted by atomic mass is 10.0. The van der Waals surface area contributed by atoms with Gasteiger partial charge in [-0.1, -0.05) is 18.2 Å². The van der Waals surface area contributed by atoms with Crippen LogP contribution in [0.15, 0.2) is 47.3 Å². The van der Waals surface area contributed by atoms with E-state index >= 15 is 0 Å². The summed E-state index contributed by atoms with van der Waals surface area (Å²) >= 11 is 0. The fourth-order valence-corrected chi connectivity index (χ4v) is 3.43. The molecule has 1 aromatic heterocycles. The lowest BCUT2D eigenvalue weighted by Gasteiger charge is -2.20. The molecule has 0 aliphatic heterocycles. The van der Waals surface area contributed by atoms with Crippen molar-refractivity contribution in [2.75, 3.05) is 0 Å². The van der Waals surface area contributed by atoms with Crippen LogP contribution in [0.2, 0.25) is 0 Å². The van der Waals surface area contributed by atoms with E-state index in [1.807, 2.05) is 0 Å². The van der Waals surface area contributed by atoms with Crippen molar-refractivity contribution in [2.24, 2.45) is 0 Å². The maximum atomic E-state index is 13.3. The zero-order valence-electron chi connectivity index (χ0n) is 17.0. The maximum absolute atomic E-state index is 13.3. The zero-order chi connectivity index (χ0) is 23.8. The number of amides is 1. The highest BCUT2D eigenvalue weighted by molar-refractivity contribution is 6.00. The summed E-state index contributed by atoms with van der Waals surface area (Å²) in [5.41, 5.74) is -2.23. The Morgan fingerprint density at radius 2 is 1.84 bits per heavy atom. The fraction of sp³-hybridized carbons (Fsp3) is 0.227. The van der Waals surface area contributed by atoms with E-state index in [9.17, 15) is 37.1 Å². The van der Waals surface area contributed by atoms with Crippen molar-refractivity contribution >= 4 is 22.8 Å².